The molecule has 12 nitrogen and oxygen atoms in total. The molecule has 3 aromatic rings. The lowest BCUT2D eigenvalue weighted by atomic mass is 10.1. The van der Waals surface area contributed by atoms with Gasteiger partial charge in [-0.15, -0.1) is 0 Å². The number of rotatable bonds is 9. The average molecular weight is 459 g/mol. The van der Waals surface area contributed by atoms with Crippen LogP contribution >= 0.6 is 0 Å². The van der Waals surface area contributed by atoms with E-state index >= 15 is 0 Å². The zero-order valence-corrected chi connectivity index (χ0v) is 17.8. The van der Waals surface area contributed by atoms with Crippen LogP contribution in [-0.2, 0) is 4.74 Å². The number of carbonyl (C=O) groups excluding carboxylic acids is 1. The van der Waals surface area contributed by atoms with E-state index in [0.29, 0.717) is 28.3 Å². The van der Waals surface area contributed by atoms with Crippen molar-refractivity contribution >= 4 is 22.8 Å². The third-order valence-corrected chi connectivity index (χ3v) is 5.34. The second kappa shape index (κ2) is 9.77. The molecular formula is C21H25N5O7. The fraction of sp³-hybridized carbons (Fsp3) is 0.429. The van der Waals surface area contributed by atoms with E-state index in [1.165, 1.54) is 24.1 Å². The summed E-state index contributed by atoms with van der Waals surface area (Å²) in [6.07, 6.45) is -2.62. The Labute approximate surface area is 188 Å². The maximum absolute atomic E-state index is 11.5. The summed E-state index contributed by atoms with van der Waals surface area (Å²) in [6.45, 7) is 1.11. The van der Waals surface area contributed by atoms with Crippen LogP contribution in [0.25, 0.3) is 11.2 Å². The quantitative estimate of drug-likeness (QED) is 0.261. The van der Waals surface area contributed by atoms with Crippen LogP contribution in [0.3, 0.4) is 0 Å². The van der Waals surface area contributed by atoms with Gasteiger partial charge >= 0.3 is 0 Å². The van der Waals surface area contributed by atoms with E-state index < -0.39 is 37.3 Å². The summed E-state index contributed by atoms with van der Waals surface area (Å²) in [6, 6.07) is 6.70. The van der Waals surface area contributed by atoms with Gasteiger partial charge in [0.15, 0.2) is 29.0 Å². The monoisotopic (exact) mass is 459 g/mol. The second-order valence-electron chi connectivity index (χ2n) is 7.70. The molecule has 0 amide bonds. The van der Waals surface area contributed by atoms with Crippen molar-refractivity contribution in [2.24, 2.45) is 0 Å². The van der Waals surface area contributed by atoms with E-state index in [0.717, 1.165) is 0 Å². The minimum atomic E-state index is -1.27. The number of aromatic nitrogens is 4. The number of ether oxygens (including phenoxy) is 2. The summed E-state index contributed by atoms with van der Waals surface area (Å²) in [5.74, 6) is 0.748. The number of aliphatic hydroxyl groups is 4. The number of ketones is 1. The minimum Gasteiger partial charge on any atom is -0.491 e. The van der Waals surface area contributed by atoms with Crippen molar-refractivity contribution < 1.29 is 34.7 Å². The van der Waals surface area contributed by atoms with Gasteiger partial charge in [-0.05, 0) is 19.1 Å². The Morgan fingerprint density at radius 1 is 1.27 bits per heavy atom. The zero-order chi connectivity index (χ0) is 23.5. The summed E-state index contributed by atoms with van der Waals surface area (Å²) >= 11 is 0. The molecule has 3 heterocycles. The Balaban J connectivity index is 1.40. The van der Waals surface area contributed by atoms with Gasteiger partial charge < -0.3 is 35.2 Å². The van der Waals surface area contributed by atoms with Crippen molar-refractivity contribution in [1.82, 2.24) is 19.5 Å². The summed E-state index contributed by atoms with van der Waals surface area (Å²) in [5, 5.41) is 42.9. The van der Waals surface area contributed by atoms with Gasteiger partial charge in [-0.3, -0.25) is 9.36 Å². The maximum atomic E-state index is 11.5. The Morgan fingerprint density at radius 2 is 2.09 bits per heavy atom. The van der Waals surface area contributed by atoms with Crippen LogP contribution < -0.4 is 10.1 Å². The topological polar surface area (TPSA) is 172 Å². The molecule has 12 heteroatoms. The van der Waals surface area contributed by atoms with Crippen molar-refractivity contribution in [3.05, 3.63) is 42.5 Å². The first kappa shape index (κ1) is 23.0. The zero-order valence-electron chi connectivity index (χ0n) is 17.8. The highest BCUT2D eigenvalue weighted by atomic mass is 16.6. The molecule has 1 fully saturated rings. The van der Waals surface area contributed by atoms with Crippen molar-refractivity contribution in [3.8, 4) is 5.75 Å². The molecule has 5 N–H and O–H groups in total. The van der Waals surface area contributed by atoms with Gasteiger partial charge in [-0.1, -0.05) is 12.1 Å². The third kappa shape index (κ3) is 4.79. The third-order valence-electron chi connectivity index (χ3n) is 5.34. The number of imidazole rings is 1. The standard InChI is InChI=1S/C21H25N5O7/c1-11(28)12-3-2-4-14(5-12)32-8-13(29)6-22-19-16-20(24-9-23-19)26(10-25-16)21-18(31)17(30)15(7-27)33-21/h2-5,9-10,13,15,17-18,21,27,29-31H,6-8H2,1H3,(H,22,23,24)/t13?,15-,17-,18-,21-/m1/s1. The van der Waals surface area contributed by atoms with Crippen LogP contribution in [0.15, 0.2) is 36.9 Å². The van der Waals surface area contributed by atoms with Crippen LogP contribution in [0.5, 0.6) is 5.75 Å². The normalized spacial score (nSPS) is 23.5. The van der Waals surface area contributed by atoms with Gasteiger partial charge in [0.25, 0.3) is 0 Å². The van der Waals surface area contributed by atoms with Crippen molar-refractivity contribution in [3.63, 3.8) is 0 Å². The number of hydrogen-bond donors (Lipinski definition) is 5. The highest BCUT2D eigenvalue weighted by Gasteiger charge is 2.44. The van der Waals surface area contributed by atoms with Gasteiger partial charge in [0, 0.05) is 12.1 Å². The smallest absolute Gasteiger partial charge is 0.167 e. The number of aliphatic hydroxyl groups excluding tert-OH is 4. The molecular weight excluding hydrogens is 434 g/mol. The number of hydrogen-bond acceptors (Lipinski definition) is 11. The number of nitrogens with one attached hydrogen (secondary N) is 1. The average Bonchev–Trinajstić information content (AvgIpc) is 3.37. The molecule has 5 atom stereocenters. The van der Waals surface area contributed by atoms with Crippen molar-refractivity contribution in [2.75, 3.05) is 25.1 Å². The molecule has 0 spiro atoms. The van der Waals surface area contributed by atoms with Crippen LogP contribution in [0.2, 0.25) is 0 Å². The number of anilines is 1. The van der Waals surface area contributed by atoms with E-state index in [1.807, 2.05) is 0 Å². The SMILES string of the molecule is CC(=O)c1cccc(OCC(O)CNc2ncnc3c2ncn3[C@@H]2O[C@H](CO)[C@@H](O)[C@H]2O)c1. The molecule has 0 saturated carbocycles. The summed E-state index contributed by atoms with van der Waals surface area (Å²) < 4.78 is 12.6. The molecule has 1 aliphatic heterocycles. The van der Waals surface area contributed by atoms with E-state index in [4.69, 9.17) is 9.47 Å². The minimum absolute atomic E-state index is 0.0143. The Kier molecular flexibility index (Phi) is 6.81. The first-order valence-corrected chi connectivity index (χ1v) is 10.3. The highest BCUT2D eigenvalue weighted by molar-refractivity contribution is 5.94. The van der Waals surface area contributed by atoms with Gasteiger partial charge in [0.05, 0.1) is 12.9 Å². The predicted molar refractivity (Wildman–Crippen MR) is 115 cm³/mol. The number of Topliss-reactive ketones (excluding diaryl/α,β-unsaturated/α-hetero) is 1. The first-order valence-electron chi connectivity index (χ1n) is 10.3. The van der Waals surface area contributed by atoms with Crippen LogP contribution in [-0.4, -0.2) is 89.9 Å². The first-order chi connectivity index (χ1) is 15.9. The van der Waals surface area contributed by atoms with Gasteiger partial charge in [0.2, 0.25) is 0 Å². The molecule has 4 rings (SSSR count). The molecule has 33 heavy (non-hydrogen) atoms. The molecule has 0 bridgehead atoms. The highest BCUT2D eigenvalue weighted by Crippen LogP contribution is 2.32. The molecule has 176 valence electrons. The molecule has 1 saturated heterocycles. The largest absolute Gasteiger partial charge is 0.491 e. The predicted octanol–water partition coefficient (Wildman–Crippen LogP) is -0.508. The van der Waals surface area contributed by atoms with Crippen LogP contribution in [0.4, 0.5) is 5.82 Å². The Morgan fingerprint density at radius 3 is 2.82 bits per heavy atom. The number of carbonyl (C=O) groups is 1. The van der Waals surface area contributed by atoms with Gasteiger partial charge in [-0.2, -0.15) is 0 Å². The molecule has 1 aliphatic rings. The molecule has 2 aromatic heterocycles. The molecule has 1 unspecified atom stereocenters. The Bertz CT molecular complexity index is 1120. The number of fused-ring (bicyclic) bond motifs is 1. The van der Waals surface area contributed by atoms with Gasteiger partial charge in [0.1, 0.15) is 43.1 Å². The van der Waals surface area contributed by atoms with E-state index in [2.05, 4.69) is 20.3 Å². The van der Waals surface area contributed by atoms with E-state index in [9.17, 15) is 25.2 Å². The molecule has 0 aliphatic carbocycles. The van der Waals surface area contributed by atoms with Crippen molar-refractivity contribution in [2.45, 2.75) is 37.6 Å². The van der Waals surface area contributed by atoms with Crippen LogP contribution in [0.1, 0.15) is 23.5 Å². The summed E-state index contributed by atoms with van der Waals surface area (Å²) in [5.41, 5.74) is 1.24. The fourth-order valence-electron chi connectivity index (χ4n) is 3.55. The maximum Gasteiger partial charge on any atom is 0.167 e. The fourth-order valence-corrected chi connectivity index (χ4v) is 3.55. The Hall–Kier alpha value is -3.16. The molecule has 0 radical (unpaired) electrons. The second-order valence-corrected chi connectivity index (χ2v) is 7.70. The van der Waals surface area contributed by atoms with Gasteiger partial charge in [-0.25, -0.2) is 15.0 Å². The van der Waals surface area contributed by atoms with Crippen LogP contribution in [0, 0.1) is 0 Å². The lowest BCUT2D eigenvalue weighted by Crippen LogP contribution is -2.33. The van der Waals surface area contributed by atoms with E-state index in [-0.39, 0.29) is 18.9 Å². The summed E-state index contributed by atoms with van der Waals surface area (Å²) in [7, 11) is 0. The lowest BCUT2D eigenvalue weighted by molar-refractivity contribution is -0.0511. The number of nitrogens with zero attached hydrogens (tertiary/aromatic N) is 4. The summed E-state index contributed by atoms with van der Waals surface area (Å²) in [4.78, 5) is 24.1. The van der Waals surface area contributed by atoms with Crippen molar-refractivity contribution in [1.29, 1.82) is 0 Å². The number of benzene rings is 1. The molecule has 1 aromatic carbocycles. The lowest BCUT2D eigenvalue weighted by Gasteiger charge is -2.17. The van der Waals surface area contributed by atoms with E-state index in [1.54, 1.807) is 24.3 Å².